The lowest BCUT2D eigenvalue weighted by Crippen LogP contribution is -2.00. The van der Waals surface area contributed by atoms with Crippen LogP contribution in [0.3, 0.4) is 0 Å². The van der Waals surface area contributed by atoms with Gasteiger partial charge in [-0.15, -0.1) is 0 Å². The minimum atomic E-state index is -2.58. The van der Waals surface area contributed by atoms with Crippen molar-refractivity contribution in [2.75, 3.05) is 0 Å². The number of rotatable bonds is 2. The van der Waals surface area contributed by atoms with Crippen molar-refractivity contribution in [2.45, 2.75) is 19.8 Å². The number of halogens is 3. The Morgan fingerprint density at radius 1 is 1.64 bits per heavy atom. The van der Waals surface area contributed by atoms with Crippen molar-refractivity contribution in [1.82, 2.24) is 4.98 Å². The van der Waals surface area contributed by atoms with Gasteiger partial charge < -0.3 is 0 Å². The fourth-order valence-corrected chi connectivity index (χ4v) is 1.54. The second kappa shape index (κ2) is 4.64. The van der Waals surface area contributed by atoms with E-state index in [0.29, 0.717) is 11.3 Å². The number of hydrogen-bond donors (Lipinski definition) is 0. The Labute approximate surface area is 94.1 Å². The van der Waals surface area contributed by atoms with Crippen LogP contribution in [0, 0.1) is 21.8 Å². The maximum atomic E-state index is 12.4. The Balaban J connectivity index is 3.22. The third-order valence-corrected chi connectivity index (χ3v) is 3.18. The Morgan fingerprint density at radius 2 is 2.29 bits per heavy atom. The molecule has 0 saturated carbocycles. The Kier molecular flexibility index (Phi) is 3.75. The lowest BCUT2D eigenvalue weighted by molar-refractivity contribution is 0.145. The largest absolute Gasteiger partial charge is 0.280 e. The maximum absolute atomic E-state index is 12.4. The highest BCUT2D eigenvalue weighted by molar-refractivity contribution is 14.1. The fraction of sp³-hybridized carbons (Fsp3) is 0.333. The predicted molar refractivity (Wildman–Crippen MR) is 56.0 cm³/mol. The molecule has 14 heavy (non-hydrogen) atoms. The summed E-state index contributed by atoms with van der Waals surface area (Å²) in [7, 11) is 0. The van der Waals surface area contributed by atoms with Crippen LogP contribution >= 0.6 is 22.6 Å². The van der Waals surface area contributed by atoms with Crippen molar-refractivity contribution in [3.8, 4) is 6.07 Å². The van der Waals surface area contributed by atoms with Gasteiger partial charge in [0, 0.05) is 3.57 Å². The molecule has 0 atom stereocenters. The molecule has 1 aromatic rings. The molecule has 74 valence electrons. The Bertz CT molecular complexity index is 385. The molecule has 0 saturated heterocycles. The van der Waals surface area contributed by atoms with Crippen molar-refractivity contribution >= 4 is 22.6 Å². The topological polar surface area (TPSA) is 36.7 Å². The van der Waals surface area contributed by atoms with E-state index in [4.69, 9.17) is 5.26 Å². The number of aromatic nitrogens is 1. The first-order chi connectivity index (χ1) is 6.56. The SMILES string of the molecule is Cc1nc(C(F)F)cc(CC#N)c1I. The van der Waals surface area contributed by atoms with Crippen LogP contribution in [-0.4, -0.2) is 4.98 Å². The molecule has 0 aliphatic carbocycles. The molecule has 0 amide bonds. The standard InChI is InChI=1S/C9H7F2IN2/c1-5-8(12)6(2-3-13)4-7(14-5)9(10)11/h4,9H,2H2,1H3. The molecule has 0 aliphatic heterocycles. The number of nitrogens with zero attached hydrogens (tertiary/aromatic N) is 2. The first-order valence-corrected chi connectivity index (χ1v) is 4.95. The van der Waals surface area contributed by atoms with E-state index in [1.807, 2.05) is 28.7 Å². The first kappa shape index (κ1) is 11.3. The summed E-state index contributed by atoms with van der Waals surface area (Å²) in [6.45, 7) is 1.66. The molecule has 0 bridgehead atoms. The van der Waals surface area contributed by atoms with Crippen LogP contribution in [0.2, 0.25) is 0 Å². The summed E-state index contributed by atoms with van der Waals surface area (Å²) < 4.78 is 25.5. The third-order valence-electron chi connectivity index (χ3n) is 1.71. The number of nitriles is 1. The summed E-state index contributed by atoms with van der Waals surface area (Å²) >= 11 is 2.01. The average molecular weight is 308 g/mol. The molecule has 2 nitrogen and oxygen atoms in total. The minimum absolute atomic E-state index is 0.140. The van der Waals surface area contributed by atoms with Gasteiger partial charge in [-0.25, -0.2) is 8.78 Å². The first-order valence-electron chi connectivity index (χ1n) is 3.87. The van der Waals surface area contributed by atoms with Gasteiger partial charge in [-0.2, -0.15) is 5.26 Å². The van der Waals surface area contributed by atoms with Gasteiger partial charge in [0.05, 0.1) is 18.2 Å². The van der Waals surface area contributed by atoms with E-state index in [1.54, 1.807) is 6.92 Å². The molecule has 0 aliphatic rings. The van der Waals surface area contributed by atoms with Gasteiger partial charge in [-0.1, -0.05) is 0 Å². The van der Waals surface area contributed by atoms with E-state index in [0.717, 1.165) is 3.57 Å². The van der Waals surface area contributed by atoms with Gasteiger partial charge in [0.25, 0.3) is 6.43 Å². The number of pyridine rings is 1. The van der Waals surface area contributed by atoms with Crippen molar-refractivity contribution in [2.24, 2.45) is 0 Å². The van der Waals surface area contributed by atoms with Crippen LogP contribution < -0.4 is 0 Å². The summed E-state index contributed by atoms with van der Waals surface area (Å²) in [6, 6.07) is 3.24. The zero-order chi connectivity index (χ0) is 10.7. The molecule has 1 rings (SSSR count). The van der Waals surface area contributed by atoms with Gasteiger partial charge in [0.15, 0.2) is 0 Å². The number of aryl methyl sites for hydroxylation is 1. The molecule has 1 aromatic heterocycles. The van der Waals surface area contributed by atoms with Crippen LogP contribution in [-0.2, 0) is 6.42 Å². The van der Waals surface area contributed by atoms with Crippen LogP contribution in [0.5, 0.6) is 0 Å². The average Bonchev–Trinajstić information content (AvgIpc) is 2.12. The molecule has 0 fully saturated rings. The predicted octanol–water partition coefficient (Wildman–Crippen LogP) is 3.00. The molecule has 0 N–H and O–H groups in total. The lowest BCUT2D eigenvalue weighted by Gasteiger charge is -2.06. The molecular weight excluding hydrogens is 301 g/mol. The molecule has 0 unspecified atom stereocenters. The van der Waals surface area contributed by atoms with Gasteiger partial charge in [0.1, 0.15) is 5.69 Å². The smallest absolute Gasteiger partial charge is 0.251 e. The van der Waals surface area contributed by atoms with Crippen LogP contribution in [0.25, 0.3) is 0 Å². The number of alkyl halides is 2. The molecule has 0 spiro atoms. The van der Waals surface area contributed by atoms with Crippen molar-refractivity contribution in [3.63, 3.8) is 0 Å². The Morgan fingerprint density at radius 3 is 2.79 bits per heavy atom. The highest BCUT2D eigenvalue weighted by atomic mass is 127. The van der Waals surface area contributed by atoms with E-state index in [1.165, 1.54) is 6.07 Å². The van der Waals surface area contributed by atoms with Crippen LogP contribution in [0.1, 0.15) is 23.4 Å². The van der Waals surface area contributed by atoms with Gasteiger partial charge in [-0.05, 0) is 41.1 Å². The van der Waals surface area contributed by atoms with Gasteiger partial charge in [-0.3, -0.25) is 4.98 Å². The normalized spacial score (nSPS) is 10.3. The van der Waals surface area contributed by atoms with E-state index >= 15 is 0 Å². The van der Waals surface area contributed by atoms with E-state index in [9.17, 15) is 8.78 Å². The zero-order valence-corrected chi connectivity index (χ0v) is 9.55. The van der Waals surface area contributed by atoms with Crippen LogP contribution in [0.15, 0.2) is 6.07 Å². The second-order valence-corrected chi connectivity index (χ2v) is 3.82. The summed E-state index contributed by atoms with van der Waals surface area (Å²) in [5, 5.41) is 8.50. The molecule has 1 heterocycles. The van der Waals surface area contributed by atoms with E-state index in [2.05, 4.69) is 4.98 Å². The summed E-state index contributed by atoms with van der Waals surface area (Å²) in [4.78, 5) is 3.75. The summed E-state index contributed by atoms with van der Waals surface area (Å²) in [5.74, 6) is 0. The highest BCUT2D eigenvalue weighted by Crippen LogP contribution is 2.23. The fourth-order valence-electron chi connectivity index (χ4n) is 1.07. The zero-order valence-electron chi connectivity index (χ0n) is 7.39. The second-order valence-electron chi connectivity index (χ2n) is 2.74. The maximum Gasteiger partial charge on any atom is 0.280 e. The number of hydrogen-bond acceptors (Lipinski definition) is 2. The van der Waals surface area contributed by atoms with Gasteiger partial charge >= 0.3 is 0 Å². The quantitative estimate of drug-likeness (QED) is 0.788. The van der Waals surface area contributed by atoms with Crippen molar-refractivity contribution < 1.29 is 8.78 Å². The lowest BCUT2D eigenvalue weighted by atomic mass is 10.1. The van der Waals surface area contributed by atoms with Crippen molar-refractivity contribution in [1.29, 1.82) is 5.26 Å². The molecule has 0 aromatic carbocycles. The third kappa shape index (κ3) is 2.38. The highest BCUT2D eigenvalue weighted by Gasteiger charge is 2.13. The Hall–Kier alpha value is -0.770. The molecular formula is C9H7F2IN2. The van der Waals surface area contributed by atoms with Gasteiger partial charge in [0.2, 0.25) is 0 Å². The van der Waals surface area contributed by atoms with Crippen LogP contribution in [0.4, 0.5) is 8.78 Å². The van der Waals surface area contributed by atoms with E-state index in [-0.39, 0.29) is 12.1 Å². The monoisotopic (exact) mass is 308 g/mol. The van der Waals surface area contributed by atoms with E-state index < -0.39 is 6.43 Å². The minimum Gasteiger partial charge on any atom is -0.251 e. The van der Waals surface area contributed by atoms with Crippen molar-refractivity contribution in [3.05, 3.63) is 26.6 Å². The molecule has 0 radical (unpaired) electrons. The summed E-state index contributed by atoms with van der Waals surface area (Å²) in [5.41, 5.74) is 0.915. The molecule has 5 heteroatoms. The summed E-state index contributed by atoms with van der Waals surface area (Å²) in [6.07, 6.45) is -2.44.